The zero-order valence-corrected chi connectivity index (χ0v) is 9.90. The molecular weight excluding hydrogens is 212 g/mol. The molecule has 1 aromatic heterocycles. The Morgan fingerprint density at radius 1 is 1.41 bits per heavy atom. The van der Waals surface area contributed by atoms with E-state index in [9.17, 15) is 0 Å². The molecule has 0 unspecified atom stereocenters. The van der Waals surface area contributed by atoms with E-state index in [1.54, 1.807) is 0 Å². The monoisotopic (exact) mass is 228 g/mol. The van der Waals surface area contributed by atoms with Crippen molar-refractivity contribution in [3.63, 3.8) is 0 Å². The third-order valence-corrected chi connectivity index (χ3v) is 2.94. The number of aryl methyl sites for hydroxylation is 1. The summed E-state index contributed by atoms with van der Waals surface area (Å²) in [5, 5.41) is 10.6. The molecule has 3 rings (SSSR count). The van der Waals surface area contributed by atoms with Crippen molar-refractivity contribution >= 4 is 0 Å². The highest BCUT2D eigenvalue weighted by Crippen LogP contribution is 2.19. The largest absolute Gasteiger partial charge is 0.307 e. The van der Waals surface area contributed by atoms with Crippen LogP contribution >= 0.6 is 0 Å². The summed E-state index contributed by atoms with van der Waals surface area (Å²) in [7, 11) is 0. The van der Waals surface area contributed by atoms with Gasteiger partial charge < -0.3 is 5.32 Å². The van der Waals surface area contributed by atoms with Gasteiger partial charge in [-0.05, 0) is 25.8 Å². The summed E-state index contributed by atoms with van der Waals surface area (Å²) in [5.41, 5.74) is 2.30. The average molecular weight is 228 g/mol. The first-order valence-electron chi connectivity index (χ1n) is 6.03. The first-order valence-corrected chi connectivity index (χ1v) is 6.03. The van der Waals surface area contributed by atoms with Gasteiger partial charge in [0.05, 0.1) is 6.54 Å². The number of aromatic nitrogens is 3. The van der Waals surface area contributed by atoms with Gasteiger partial charge in [-0.2, -0.15) is 5.10 Å². The summed E-state index contributed by atoms with van der Waals surface area (Å²) in [5.74, 6) is 1.69. The second kappa shape index (κ2) is 4.30. The van der Waals surface area contributed by atoms with Crippen LogP contribution in [0.1, 0.15) is 24.2 Å². The lowest BCUT2D eigenvalue weighted by molar-refractivity contribution is 0.660. The molecule has 1 aliphatic rings. The van der Waals surface area contributed by atoms with Crippen LogP contribution in [0.25, 0.3) is 11.4 Å². The van der Waals surface area contributed by atoms with Crippen LogP contribution in [0.2, 0.25) is 0 Å². The zero-order chi connectivity index (χ0) is 11.7. The third kappa shape index (κ3) is 2.53. The van der Waals surface area contributed by atoms with E-state index in [0.29, 0.717) is 6.04 Å². The van der Waals surface area contributed by atoms with E-state index in [1.165, 1.54) is 18.4 Å². The number of H-pyrrole nitrogens is 1. The van der Waals surface area contributed by atoms with Gasteiger partial charge in [0.25, 0.3) is 0 Å². The van der Waals surface area contributed by atoms with Crippen molar-refractivity contribution in [1.29, 1.82) is 0 Å². The Morgan fingerprint density at radius 3 is 3.06 bits per heavy atom. The second-order valence-electron chi connectivity index (χ2n) is 4.63. The molecule has 0 spiro atoms. The molecule has 4 nitrogen and oxygen atoms in total. The molecule has 1 fully saturated rings. The molecule has 1 heterocycles. The van der Waals surface area contributed by atoms with E-state index >= 15 is 0 Å². The van der Waals surface area contributed by atoms with Crippen molar-refractivity contribution in [2.45, 2.75) is 32.4 Å². The van der Waals surface area contributed by atoms with Gasteiger partial charge in [-0.3, -0.25) is 5.10 Å². The van der Waals surface area contributed by atoms with Gasteiger partial charge >= 0.3 is 0 Å². The molecule has 88 valence electrons. The molecule has 17 heavy (non-hydrogen) atoms. The molecule has 4 heteroatoms. The number of benzene rings is 1. The maximum atomic E-state index is 4.49. The molecule has 0 saturated heterocycles. The maximum absolute atomic E-state index is 4.49. The van der Waals surface area contributed by atoms with Crippen LogP contribution < -0.4 is 5.32 Å². The standard InChI is InChI=1S/C13H16N4/c1-9-3-2-4-10(7-9)13-15-12(16-17-13)8-14-11-5-6-11/h2-4,7,11,14H,5-6,8H2,1H3,(H,15,16,17). The summed E-state index contributed by atoms with van der Waals surface area (Å²) in [6.45, 7) is 2.86. The Labute approximate surface area is 100 Å². The van der Waals surface area contributed by atoms with E-state index in [2.05, 4.69) is 39.6 Å². The highest BCUT2D eigenvalue weighted by Gasteiger charge is 2.20. The smallest absolute Gasteiger partial charge is 0.181 e. The molecular formula is C13H16N4. The van der Waals surface area contributed by atoms with Crippen molar-refractivity contribution in [2.75, 3.05) is 0 Å². The summed E-state index contributed by atoms with van der Waals surface area (Å²) in [6, 6.07) is 8.94. The van der Waals surface area contributed by atoms with Gasteiger partial charge in [-0.25, -0.2) is 4.98 Å². The molecule has 0 amide bonds. The number of nitrogens with one attached hydrogen (secondary N) is 2. The van der Waals surface area contributed by atoms with Crippen LogP contribution in [0.5, 0.6) is 0 Å². The molecule has 2 aromatic rings. The second-order valence-corrected chi connectivity index (χ2v) is 4.63. The fourth-order valence-electron chi connectivity index (χ4n) is 1.82. The van der Waals surface area contributed by atoms with Gasteiger partial charge in [0.2, 0.25) is 0 Å². The van der Waals surface area contributed by atoms with Crippen LogP contribution in [0.4, 0.5) is 0 Å². The predicted octanol–water partition coefficient (Wildman–Crippen LogP) is 2.03. The van der Waals surface area contributed by atoms with E-state index in [-0.39, 0.29) is 0 Å². The lowest BCUT2D eigenvalue weighted by Gasteiger charge is -1.97. The normalized spacial score (nSPS) is 15.1. The van der Waals surface area contributed by atoms with Crippen LogP contribution in [0, 0.1) is 6.92 Å². The molecule has 0 bridgehead atoms. The minimum absolute atomic E-state index is 0.697. The minimum Gasteiger partial charge on any atom is -0.307 e. The maximum Gasteiger partial charge on any atom is 0.181 e. The Balaban J connectivity index is 1.74. The quantitative estimate of drug-likeness (QED) is 0.842. The number of hydrogen-bond acceptors (Lipinski definition) is 3. The molecule has 1 saturated carbocycles. The fraction of sp³-hybridized carbons (Fsp3) is 0.385. The molecule has 0 aliphatic heterocycles. The van der Waals surface area contributed by atoms with Gasteiger partial charge in [0, 0.05) is 11.6 Å². The first kappa shape index (κ1) is 10.5. The van der Waals surface area contributed by atoms with Crippen molar-refractivity contribution in [3.05, 3.63) is 35.7 Å². The predicted molar refractivity (Wildman–Crippen MR) is 66.4 cm³/mol. The van der Waals surface area contributed by atoms with Gasteiger partial charge in [0.1, 0.15) is 5.82 Å². The van der Waals surface area contributed by atoms with Gasteiger partial charge in [-0.1, -0.05) is 23.8 Å². The van der Waals surface area contributed by atoms with Crippen molar-refractivity contribution < 1.29 is 0 Å². The molecule has 2 N–H and O–H groups in total. The SMILES string of the molecule is Cc1cccc(-c2n[nH]c(CNC3CC3)n2)c1. The number of aromatic amines is 1. The van der Waals surface area contributed by atoms with Gasteiger partial charge in [-0.15, -0.1) is 0 Å². The lowest BCUT2D eigenvalue weighted by Crippen LogP contribution is -2.16. The van der Waals surface area contributed by atoms with Gasteiger partial charge in [0.15, 0.2) is 5.82 Å². The number of rotatable bonds is 4. The van der Waals surface area contributed by atoms with E-state index < -0.39 is 0 Å². The molecule has 0 atom stereocenters. The fourth-order valence-corrected chi connectivity index (χ4v) is 1.82. The Morgan fingerprint density at radius 2 is 2.29 bits per heavy atom. The molecule has 1 aromatic carbocycles. The Kier molecular flexibility index (Phi) is 2.65. The Hall–Kier alpha value is -1.68. The topological polar surface area (TPSA) is 53.6 Å². The third-order valence-electron chi connectivity index (χ3n) is 2.94. The van der Waals surface area contributed by atoms with E-state index in [4.69, 9.17) is 0 Å². The van der Waals surface area contributed by atoms with Crippen LogP contribution in [0.3, 0.4) is 0 Å². The first-order chi connectivity index (χ1) is 8.31. The van der Waals surface area contributed by atoms with Crippen LogP contribution in [-0.2, 0) is 6.54 Å². The lowest BCUT2D eigenvalue weighted by atomic mass is 10.1. The van der Waals surface area contributed by atoms with Crippen LogP contribution in [-0.4, -0.2) is 21.2 Å². The highest BCUT2D eigenvalue weighted by atomic mass is 15.2. The minimum atomic E-state index is 0.697. The summed E-state index contributed by atoms with van der Waals surface area (Å²) < 4.78 is 0. The molecule has 1 aliphatic carbocycles. The highest BCUT2D eigenvalue weighted by molar-refractivity contribution is 5.55. The summed E-state index contributed by atoms with van der Waals surface area (Å²) in [4.78, 5) is 4.49. The van der Waals surface area contributed by atoms with Crippen molar-refractivity contribution in [1.82, 2.24) is 20.5 Å². The summed E-state index contributed by atoms with van der Waals surface area (Å²) in [6.07, 6.45) is 2.58. The number of nitrogens with zero attached hydrogens (tertiary/aromatic N) is 2. The molecule has 0 radical (unpaired) electrons. The van der Waals surface area contributed by atoms with Crippen molar-refractivity contribution in [2.24, 2.45) is 0 Å². The van der Waals surface area contributed by atoms with Crippen LogP contribution in [0.15, 0.2) is 24.3 Å². The Bertz CT molecular complexity index is 514. The zero-order valence-electron chi connectivity index (χ0n) is 9.90. The van der Waals surface area contributed by atoms with Crippen molar-refractivity contribution in [3.8, 4) is 11.4 Å². The van der Waals surface area contributed by atoms with E-state index in [1.807, 2.05) is 12.1 Å². The van der Waals surface area contributed by atoms with E-state index in [0.717, 1.165) is 23.8 Å². The number of hydrogen-bond donors (Lipinski definition) is 2. The summed E-state index contributed by atoms with van der Waals surface area (Å²) >= 11 is 0. The average Bonchev–Trinajstić information content (AvgIpc) is 3.04.